The summed E-state index contributed by atoms with van der Waals surface area (Å²) in [5, 5.41) is 12.5. The summed E-state index contributed by atoms with van der Waals surface area (Å²) in [6.45, 7) is 3.98. The molecule has 4 nitrogen and oxygen atoms in total. The molecule has 3 rings (SSSR count). The molecule has 0 aliphatic rings. The van der Waals surface area contributed by atoms with Crippen LogP contribution in [0.3, 0.4) is 0 Å². The van der Waals surface area contributed by atoms with Crippen LogP contribution in [0.15, 0.2) is 72.0 Å². The van der Waals surface area contributed by atoms with Gasteiger partial charge in [-0.25, -0.2) is 0 Å². The Kier molecular flexibility index (Phi) is 5.73. The van der Waals surface area contributed by atoms with Crippen LogP contribution in [0.2, 0.25) is 0 Å². The second kappa shape index (κ2) is 8.37. The Balaban J connectivity index is 2.02. The maximum Gasteiger partial charge on any atom is 0.118 e. The molecule has 0 saturated carbocycles. The molecule has 0 fully saturated rings. The number of nitriles is 1. The maximum absolute atomic E-state index is 11.7. The molecule has 2 aromatic carbocycles. The van der Waals surface area contributed by atoms with E-state index < -0.39 is 6.04 Å². The SMILES string of the molecule is Cc1cc(C(C[C@H](c2ccc(C#N)cc2)c2ccccc2C)N=O)ccn1. The molecule has 0 aliphatic heterocycles. The Bertz CT molecular complexity index is 973. The second-order valence-electron chi connectivity index (χ2n) is 6.73. The topological polar surface area (TPSA) is 66.1 Å². The number of pyridine rings is 1. The summed E-state index contributed by atoms with van der Waals surface area (Å²) >= 11 is 0. The molecule has 1 aromatic heterocycles. The predicted molar refractivity (Wildman–Crippen MR) is 106 cm³/mol. The number of nitrogens with zero attached hydrogens (tertiary/aromatic N) is 3. The summed E-state index contributed by atoms with van der Waals surface area (Å²) in [6.07, 6.45) is 2.27. The monoisotopic (exact) mass is 355 g/mol. The fourth-order valence-electron chi connectivity index (χ4n) is 3.45. The third kappa shape index (κ3) is 4.27. The Morgan fingerprint density at radius 2 is 1.78 bits per heavy atom. The van der Waals surface area contributed by atoms with Crippen LogP contribution in [0.25, 0.3) is 0 Å². The third-order valence-corrected chi connectivity index (χ3v) is 4.90. The lowest BCUT2D eigenvalue weighted by molar-refractivity contribution is 0.591. The fraction of sp³-hybridized carbons (Fsp3) is 0.217. The summed E-state index contributed by atoms with van der Waals surface area (Å²) in [5.41, 5.74) is 5.78. The van der Waals surface area contributed by atoms with E-state index in [-0.39, 0.29) is 5.92 Å². The molecule has 0 radical (unpaired) electrons. The van der Waals surface area contributed by atoms with Gasteiger partial charge in [-0.05, 0) is 66.8 Å². The van der Waals surface area contributed by atoms with Crippen molar-refractivity contribution in [2.75, 3.05) is 0 Å². The minimum Gasteiger partial charge on any atom is -0.262 e. The molecule has 0 bridgehead atoms. The number of aromatic nitrogens is 1. The Hall–Kier alpha value is -3.32. The molecule has 27 heavy (non-hydrogen) atoms. The molecule has 4 heteroatoms. The van der Waals surface area contributed by atoms with Gasteiger partial charge in [-0.3, -0.25) is 4.98 Å². The van der Waals surface area contributed by atoms with Gasteiger partial charge in [0.1, 0.15) is 6.04 Å². The van der Waals surface area contributed by atoms with Crippen molar-refractivity contribution in [2.45, 2.75) is 32.2 Å². The van der Waals surface area contributed by atoms with E-state index in [1.54, 1.807) is 6.20 Å². The maximum atomic E-state index is 11.7. The molecule has 0 amide bonds. The van der Waals surface area contributed by atoms with Crippen LogP contribution < -0.4 is 0 Å². The highest BCUT2D eigenvalue weighted by molar-refractivity contribution is 5.41. The average Bonchev–Trinajstić information content (AvgIpc) is 2.70. The van der Waals surface area contributed by atoms with Gasteiger partial charge in [-0.15, -0.1) is 0 Å². The van der Waals surface area contributed by atoms with Crippen LogP contribution in [0.4, 0.5) is 0 Å². The zero-order chi connectivity index (χ0) is 19.2. The Labute approximate surface area is 159 Å². The lowest BCUT2D eigenvalue weighted by Gasteiger charge is -2.23. The first-order valence-electron chi connectivity index (χ1n) is 8.93. The smallest absolute Gasteiger partial charge is 0.118 e. The molecule has 0 N–H and O–H groups in total. The number of hydrogen-bond donors (Lipinski definition) is 0. The average molecular weight is 355 g/mol. The number of aryl methyl sites for hydroxylation is 2. The minimum absolute atomic E-state index is 0.00937. The number of benzene rings is 2. The van der Waals surface area contributed by atoms with E-state index in [0.717, 1.165) is 16.8 Å². The first kappa shape index (κ1) is 18.5. The van der Waals surface area contributed by atoms with Gasteiger partial charge in [-0.1, -0.05) is 41.6 Å². The van der Waals surface area contributed by atoms with Crippen molar-refractivity contribution in [3.8, 4) is 6.07 Å². The number of nitroso groups, excluding NO2 is 1. The van der Waals surface area contributed by atoms with E-state index in [2.05, 4.69) is 35.3 Å². The molecule has 134 valence electrons. The molecular weight excluding hydrogens is 334 g/mol. The van der Waals surface area contributed by atoms with E-state index in [9.17, 15) is 4.91 Å². The van der Waals surface area contributed by atoms with Crippen LogP contribution in [0, 0.1) is 30.1 Å². The van der Waals surface area contributed by atoms with Crippen LogP contribution in [0.5, 0.6) is 0 Å². The lowest BCUT2D eigenvalue weighted by atomic mass is 9.82. The van der Waals surface area contributed by atoms with Gasteiger partial charge >= 0.3 is 0 Å². The summed E-state index contributed by atoms with van der Waals surface area (Å²) in [6, 6.07) is 21.2. The van der Waals surface area contributed by atoms with Gasteiger partial charge < -0.3 is 0 Å². The molecule has 0 saturated heterocycles. The summed E-state index contributed by atoms with van der Waals surface area (Å²) in [5.74, 6) is 0.00937. The fourth-order valence-corrected chi connectivity index (χ4v) is 3.45. The van der Waals surface area contributed by atoms with Crippen molar-refractivity contribution >= 4 is 0 Å². The lowest BCUT2D eigenvalue weighted by Crippen LogP contribution is -2.09. The van der Waals surface area contributed by atoms with Crippen LogP contribution >= 0.6 is 0 Å². The normalized spacial score (nSPS) is 12.8. The Morgan fingerprint density at radius 1 is 1.04 bits per heavy atom. The van der Waals surface area contributed by atoms with E-state index in [1.807, 2.05) is 55.5 Å². The summed E-state index contributed by atoms with van der Waals surface area (Å²) in [7, 11) is 0. The molecule has 0 spiro atoms. The predicted octanol–water partition coefficient (Wildman–Crippen LogP) is 5.60. The van der Waals surface area contributed by atoms with E-state index in [1.165, 1.54) is 11.1 Å². The van der Waals surface area contributed by atoms with Crippen molar-refractivity contribution in [1.82, 2.24) is 4.98 Å². The molecule has 1 unspecified atom stereocenters. The highest BCUT2D eigenvalue weighted by atomic mass is 16.3. The highest BCUT2D eigenvalue weighted by Crippen LogP contribution is 2.37. The van der Waals surface area contributed by atoms with Gasteiger partial charge in [0, 0.05) is 17.8 Å². The summed E-state index contributed by atoms with van der Waals surface area (Å²) < 4.78 is 0. The van der Waals surface area contributed by atoms with E-state index in [0.29, 0.717) is 12.0 Å². The molecule has 3 aromatic rings. The van der Waals surface area contributed by atoms with Crippen LogP contribution in [-0.2, 0) is 0 Å². The van der Waals surface area contributed by atoms with Gasteiger partial charge in [0.25, 0.3) is 0 Å². The molecule has 1 heterocycles. The zero-order valence-electron chi connectivity index (χ0n) is 15.5. The van der Waals surface area contributed by atoms with Crippen LogP contribution in [-0.4, -0.2) is 4.98 Å². The third-order valence-electron chi connectivity index (χ3n) is 4.90. The van der Waals surface area contributed by atoms with Crippen molar-refractivity contribution in [3.05, 3.63) is 105 Å². The largest absolute Gasteiger partial charge is 0.262 e. The molecule has 0 aliphatic carbocycles. The highest BCUT2D eigenvalue weighted by Gasteiger charge is 2.23. The van der Waals surface area contributed by atoms with Crippen molar-refractivity contribution in [1.29, 1.82) is 5.26 Å². The molecular formula is C23H21N3O. The molecule has 2 atom stereocenters. The quantitative estimate of drug-likeness (QED) is 0.541. The van der Waals surface area contributed by atoms with Crippen LogP contribution in [0.1, 0.15) is 51.9 Å². The van der Waals surface area contributed by atoms with Gasteiger partial charge in [-0.2, -0.15) is 10.2 Å². The van der Waals surface area contributed by atoms with Crippen molar-refractivity contribution < 1.29 is 0 Å². The Morgan fingerprint density at radius 3 is 2.41 bits per heavy atom. The first-order valence-corrected chi connectivity index (χ1v) is 8.93. The number of hydrogen-bond acceptors (Lipinski definition) is 4. The zero-order valence-corrected chi connectivity index (χ0v) is 15.5. The van der Waals surface area contributed by atoms with Gasteiger partial charge in [0.15, 0.2) is 0 Å². The van der Waals surface area contributed by atoms with E-state index in [4.69, 9.17) is 5.26 Å². The van der Waals surface area contributed by atoms with Gasteiger partial charge in [0.2, 0.25) is 0 Å². The first-order chi connectivity index (χ1) is 13.1. The van der Waals surface area contributed by atoms with E-state index >= 15 is 0 Å². The summed E-state index contributed by atoms with van der Waals surface area (Å²) in [4.78, 5) is 15.9. The van der Waals surface area contributed by atoms with Gasteiger partial charge in [0.05, 0.1) is 11.6 Å². The second-order valence-corrected chi connectivity index (χ2v) is 6.73. The van der Waals surface area contributed by atoms with Crippen molar-refractivity contribution in [3.63, 3.8) is 0 Å². The minimum atomic E-state index is -0.466. The van der Waals surface area contributed by atoms with Crippen molar-refractivity contribution in [2.24, 2.45) is 5.18 Å². The standard InChI is InChI=1S/C23H21N3O/c1-16-5-3-4-6-21(16)22(19-9-7-18(15-24)8-10-19)14-23(26-27)20-11-12-25-17(2)13-20/h3-13,22-23H,14H2,1-2H3/t22-,23?/m1/s1. The number of rotatable bonds is 6.